The number of ether oxygens (including phenoxy) is 3. The van der Waals surface area contributed by atoms with Crippen LogP contribution in [0.4, 0.5) is 10.6 Å². The molecule has 3 aromatic rings. The maximum Gasteiger partial charge on any atom is 0.320 e. The van der Waals surface area contributed by atoms with Crippen LogP contribution in [0.25, 0.3) is 0 Å². The summed E-state index contributed by atoms with van der Waals surface area (Å²) in [6, 6.07) is 17.6. The minimum absolute atomic E-state index is 0.117. The summed E-state index contributed by atoms with van der Waals surface area (Å²) in [5.41, 5.74) is 3.66. The van der Waals surface area contributed by atoms with Gasteiger partial charge in [0.1, 0.15) is 11.6 Å². The number of fused-ring (bicyclic) bond motifs is 1. The van der Waals surface area contributed by atoms with E-state index in [1.165, 1.54) is 16.7 Å². The minimum Gasteiger partial charge on any atom is -0.497 e. The van der Waals surface area contributed by atoms with Gasteiger partial charge in [-0.2, -0.15) is 0 Å². The molecule has 2 aromatic carbocycles. The Balaban J connectivity index is 1.51. The maximum absolute atomic E-state index is 12.3. The van der Waals surface area contributed by atoms with Crippen LogP contribution in [0.1, 0.15) is 22.7 Å². The molecule has 0 saturated heterocycles. The number of carbonyl (C=O) groups excluding carboxylic acids is 1. The van der Waals surface area contributed by atoms with Crippen molar-refractivity contribution in [1.82, 2.24) is 15.2 Å². The van der Waals surface area contributed by atoms with E-state index in [4.69, 9.17) is 14.2 Å². The van der Waals surface area contributed by atoms with E-state index < -0.39 is 0 Å². The van der Waals surface area contributed by atoms with Crippen molar-refractivity contribution < 1.29 is 19.0 Å². The highest BCUT2D eigenvalue weighted by Gasteiger charge is 2.29. The quantitative estimate of drug-likeness (QED) is 0.484. The summed E-state index contributed by atoms with van der Waals surface area (Å²) < 4.78 is 16.6. The molecule has 0 fully saturated rings. The number of methoxy groups -OCH3 is 3. The molecule has 184 valence electrons. The summed E-state index contributed by atoms with van der Waals surface area (Å²) in [6.07, 6.45) is 3.34. The van der Waals surface area contributed by atoms with Gasteiger partial charge in [-0.15, -0.1) is 0 Å². The molecule has 2 N–H and O–H groups in total. The molecular formula is C27H32N4O4. The summed E-state index contributed by atoms with van der Waals surface area (Å²) in [4.78, 5) is 18.9. The molecule has 0 aliphatic carbocycles. The molecule has 2 heterocycles. The Bertz CT molecular complexity index is 1140. The SMILES string of the molecule is COc1cccc(CC2c3cc(OC)c(OC)cc3CCN2CCNC(=O)Nc2ccccn2)c1. The highest BCUT2D eigenvalue weighted by molar-refractivity contribution is 5.88. The first-order chi connectivity index (χ1) is 17.1. The summed E-state index contributed by atoms with van der Waals surface area (Å²) in [6.45, 7) is 2.09. The number of aromatic nitrogens is 1. The third kappa shape index (κ3) is 6.02. The Labute approximate surface area is 206 Å². The number of rotatable bonds is 9. The average molecular weight is 477 g/mol. The number of hydrogen-bond acceptors (Lipinski definition) is 6. The zero-order valence-corrected chi connectivity index (χ0v) is 20.4. The van der Waals surface area contributed by atoms with E-state index >= 15 is 0 Å². The first-order valence-corrected chi connectivity index (χ1v) is 11.7. The average Bonchev–Trinajstić information content (AvgIpc) is 2.89. The van der Waals surface area contributed by atoms with Crippen molar-refractivity contribution in [3.8, 4) is 17.2 Å². The normalized spacial score (nSPS) is 15.1. The smallest absolute Gasteiger partial charge is 0.320 e. The standard InChI is InChI=1S/C27H32N4O4/c1-33-21-8-6-7-19(15-21)16-23-22-18-25(35-3)24(34-2)17-20(22)10-13-31(23)14-12-29-27(32)30-26-9-4-5-11-28-26/h4-9,11,15,17-18,23H,10,12-14,16H2,1-3H3,(H2,28,29,30,32). The molecule has 1 aromatic heterocycles. The molecule has 1 aliphatic heterocycles. The second-order valence-electron chi connectivity index (χ2n) is 8.36. The van der Waals surface area contributed by atoms with Gasteiger partial charge in [-0.1, -0.05) is 18.2 Å². The number of nitrogens with one attached hydrogen (secondary N) is 2. The molecule has 0 spiro atoms. The molecule has 8 heteroatoms. The largest absolute Gasteiger partial charge is 0.497 e. The minimum atomic E-state index is -0.267. The molecule has 1 atom stereocenters. The lowest BCUT2D eigenvalue weighted by atomic mass is 9.88. The molecule has 4 rings (SSSR count). The number of anilines is 1. The van der Waals surface area contributed by atoms with Crippen molar-refractivity contribution in [1.29, 1.82) is 0 Å². The third-order valence-electron chi connectivity index (χ3n) is 6.27. The highest BCUT2D eigenvalue weighted by atomic mass is 16.5. The number of nitrogens with zero attached hydrogens (tertiary/aromatic N) is 2. The van der Waals surface area contributed by atoms with E-state index in [-0.39, 0.29) is 12.1 Å². The van der Waals surface area contributed by atoms with E-state index in [1.807, 2.05) is 24.3 Å². The van der Waals surface area contributed by atoms with Crippen LogP contribution < -0.4 is 24.8 Å². The molecule has 0 saturated carbocycles. The lowest BCUT2D eigenvalue weighted by molar-refractivity contribution is 0.183. The molecule has 1 aliphatic rings. The fourth-order valence-corrected chi connectivity index (χ4v) is 4.52. The highest BCUT2D eigenvalue weighted by Crippen LogP contribution is 2.39. The van der Waals surface area contributed by atoms with Gasteiger partial charge in [-0.25, -0.2) is 9.78 Å². The fraction of sp³-hybridized carbons (Fsp3) is 0.333. The molecule has 2 amide bonds. The summed E-state index contributed by atoms with van der Waals surface area (Å²) in [7, 11) is 5.00. The van der Waals surface area contributed by atoms with Gasteiger partial charge >= 0.3 is 6.03 Å². The predicted molar refractivity (Wildman–Crippen MR) is 136 cm³/mol. The zero-order chi connectivity index (χ0) is 24.6. The van der Waals surface area contributed by atoms with Crippen LogP contribution in [0.5, 0.6) is 17.2 Å². The van der Waals surface area contributed by atoms with E-state index in [0.29, 0.717) is 18.9 Å². The van der Waals surface area contributed by atoms with Crippen LogP contribution in [0.15, 0.2) is 60.8 Å². The van der Waals surface area contributed by atoms with E-state index in [0.717, 1.165) is 36.6 Å². The lowest BCUT2D eigenvalue weighted by Gasteiger charge is -2.38. The second kappa shape index (κ2) is 11.6. The Morgan fingerprint density at radius 2 is 1.86 bits per heavy atom. The van der Waals surface area contributed by atoms with Crippen molar-refractivity contribution in [3.05, 3.63) is 77.5 Å². The predicted octanol–water partition coefficient (Wildman–Crippen LogP) is 4.07. The Morgan fingerprint density at radius 1 is 1.03 bits per heavy atom. The van der Waals surface area contributed by atoms with Crippen LogP contribution in [0.3, 0.4) is 0 Å². The lowest BCUT2D eigenvalue weighted by Crippen LogP contribution is -2.42. The monoisotopic (exact) mass is 476 g/mol. The molecule has 1 unspecified atom stereocenters. The Hall–Kier alpha value is -3.78. The Morgan fingerprint density at radius 3 is 2.60 bits per heavy atom. The summed E-state index contributed by atoms with van der Waals surface area (Å²) >= 11 is 0. The van der Waals surface area contributed by atoms with Crippen molar-refractivity contribution in [2.75, 3.05) is 46.3 Å². The van der Waals surface area contributed by atoms with Crippen LogP contribution in [0, 0.1) is 0 Å². The van der Waals surface area contributed by atoms with Crippen LogP contribution in [-0.2, 0) is 12.8 Å². The number of hydrogen-bond donors (Lipinski definition) is 2. The van der Waals surface area contributed by atoms with Crippen molar-refractivity contribution in [2.45, 2.75) is 18.9 Å². The topological polar surface area (TPSA) is 85.0 Å². The van der Waals surface area contributed by atoms with Gasteiger partial charge in [0, 0.05) is 31.9 Å². The van der Waals surface area contributed by atoms with Crippen molar-refractivity contribution in [2.24, 2.45) is 0 Å². The molecule has 8 nitrogen and oxygen atoms in total. The molecule has 35 heavy (non-hydrogen) atoms. The maximum atomic E-state index is 12.3. The van der Waals surface area contributed by atoms with Gasteiger partial charge < -0.3 is 19.5 Å². The Kier molecular flexibility index (Phi) is 8.05. The van der Waals surface area contributed by atoms with Crippen LogP contribution >= 0.6 is 0 Å². The molecule has 0 bridgehead atoms. The number of amides is 2. The molecule has 0 radical (unpaired) electrons. The number of pyridine rings is 1. The fourth-order valence-electron chi connectivity index (χ4n) is 4.52. The number of carbonyl (C=O) groups is 1. The first-order valence-electron chi connectivity index (χ1n) is 11.7. The van der Waals surface area contributed by atoms with Crippen LogP contribution in [0.2, 0.25) is 0 Å². The number of benzene rings is 2. The van der Waals surface area contributed by atoms with Crippen molar-refractivity contribution in [3.63, 3.8) is 0 Å². The van der Waals surface area contributed by atoms with Gasteiger partial charge in [0.2, 0.25) is 0 Å². The van der Waals surface area contributed by atoms with Gasteiger partial charge in [-0.3, -0.25) is 10.2 Å². The first kappa shape index (κ1) is 24.3. The second-order valence-corrected chi connectivity index (χ2v) is 8.36. The van der Waals surface area contributed by atoms with Gasteiger partial charge in [0.25, 0.3) is 0 Å². The third-order valence-corrected chi connectivity index (χ3v) is 6.27. The summed E-state index contributed by atoms with van der Waals surface area (Å²) in [5, 5.41) is 5.71. The number of urea groups is 1. The van der Waals surface area contributed by atoms with E-state index in [2.05, 4.69) is 44.8 Å². The van der Waals surface area contributed by atoms with Gasteiger partial charge in [0.05, 0.1) is 21.3 Å². The van der Waals surface area contributed by atoms with Crippen molar-refractivity contribution >= 4 is 11.8 Å². The van der Waals surface area contributed by atoms with E-state index in [9.17, 15) is 4.79 Å². The zero-order valence-electron chi connectivity index (χ0n) is 20.4. The molecular weight excluding hydrogens is 444 g/mol. The van der Waals surface area contributed by atoms with Gasteiger partial charge in [0.15, 0.2) is 11.5 Å². The summed E-state index contributed by atoms with van der Waals surface area (Å²) in [5.74, 6) is 2.82. The van der Waals surface area contributed by atoms with Crippen LogP contribution in [-0.4, -0.2) is 56.9 Å². The van der Waals surface area contributed by atoms with Gasteiger partial charge in [-0.05, 0) is 65.9 Å². The van der Waals surface area contributed by atoms with E-state index in [1.54, 1.807) is 33.6 Å².